The second-order valence-electron chi connectivity index (χ2n) is 4.86. The molecule has 0 atom stereocenters. The number of anilines is 2. The normalized spacial score (nSPS) is 22.2. The molecule has 20 heavy (non-hydrogen) atoms. The highest BCUT2D eigenvalue weighted by Gasteiger charge is 2.34. The van der Waals surface area contributed by atoms with Crippen molar-refractivity contribution >= 4 is 11.8 Å². The summed E-state index contributed by atoms with van der Waals surface area (Å²) >= 11 is 0. The van der Waals surface area contributed by atoms with E-state index >= 15 is 0 Å². The number of hydrogen-bond donors (Lipinski definition) is 3. The van der Waals surface area contributed by atoms with Gasteiger partial charge in [0.1, 0.15) is 5.82 Å². The average molecular weight is 290 g/mol. The van der Waals surface area contributed by atoms with Gasteiger partial charge in [-0.25, -0.2) is 4.98 Å². The van der Waals surface area contributed by atoms with E-state index < -0.39 is 11.9 Å². The Morgan fingerprint density at radius 1 is 1.30 bits per heavy atom. The summed E-state index contributed by atoms with van der Waals surface area (Å²) in [5.41, 5.74) is -0.973. The molecule has 0 bridgehead atoms. The molecule has 0 spiro atoms. The highest BCUT2D eigenvalue weighted by atomic mass is 19.4. The van der Waals surface area contributed by atoms with Gasteiger partial charge in [0.2, 0.25) is 5.95 Å². The number of alkyl halides is 3. The Kier molecular flexibility index (Phi) is 4.32. The first-order valence-corrected chi connectivity index (χ1v) is 6.50. The van der Waals surface area contributed by atoms with E-state index in [9.17, 15) is 13.2 Å². The van der Waals surface area contributed by atoms with Gasteiger partial charge in [0.25, 0.3) is 0 Å². The smallest absolute Gasteiger partial charge is 0.393 e. The number of nitrogens with one attached hydrogen (secondary N) is 2. The predicted octanol–water partition coefficient (Wildman–Crippen LogP) is 2.11. The molecular weight excluding hydrogens is 273 g/mol. The van der Waals surface area contributed by atoms with E-state index in [0.717, 1.165) is 6.07 Å². The summed E-state index contributed by atoms with van der Waals surface area (Å²) in [7, 11) is 0. The van der Waals surface area contributed by atoms with Crippen LogP contribution in [0.2, 0.25) is 0 Å². The fourth-order valence-electron chi connectivity index (χ4n) is 2.04. The van der Waals surface area contributed by atoms with Gasteiger partial charge in [0.05, 0.1) is 6.10 Å². The third kappa shape index (κ3) is 3.72. The minimum atomic E-state index is -4.50. The lowest BCUT2D eigenvalue weighted by atomic mass is 9.82. The molecule has 3 N–H and O–H groups in total. The maximum atomic E-state index is 12.7. The maximum Gasteiger partial charge on any atom is 0.433 e. The molecular formula is C12H17F3N4O. The first kappa shape index (κ1) is 14.8. The Labute approximate surface area is 114 Å². The Morgan fingerprint density at radius 3 is 2.55 bits per heavy atom. The lowest BCUT2D eigenvalue weighted by molar-refractivity contribution is -0.141. The van der Waals surface area contributed by atoms with E-state index in [1.165, 1.54) is 0 Å². The summed E-state index contributed by atoms with van der Waals surface area (Å²) in [4.78, 5) is 7.43. The quantitative estimate of drug-likeness (QED) is 0.775. The van der Waals surface area contributed by atoms with Crippen molar-refractivity contribution in [2.24, 2.45) is 5.92 Å². The van der Waals surface area contributed by atoms with Gasteiger partial charge in [-0.15, -0.1) is 0 Å². The topological polar surface area (TPSA) is 70.1 Å². The second-order valence-corrected chi connectivity index (χ2v) is 4.86. The van der Waals surface area contributed by atoms with Gasteiger partial charge in [0, 0.05) is 19.2 Å². The lowest BCUT2D eigenvalue weighted by Crippen LogP contribution is -2.33. The summed E-state index contributed by atoms with van der Waals surface area (Å²) in [6.45, 7) is 2.69. The second kappa shape index (κ2) is 5.82. The number of halogens is 3. The van der Waals surface area contributed by atoms with Crippen molar-refractivity contribution < 1.29 is 18.3 Å². The van der Waals surface area contributed by atoms with Crippen LogP contribution in [0.4, 0.5) is 24.9 Å². The summed E-state index contributed by atoms with van der Waals surface area (Å²) in [5.74, 6) is 0.375. The van der Waals surface area contributed by atoms with E-state index in [1.54, 1.807) is 6.92 Å². The van der Waals surface area contributed by atoms with Crippen LogP contribution in [-0.4, -0.2) is 34.3 Å². The van der Waals surface area contributed by atoms with Gasteiger partial charge in [-0.1, -0.05) is 0 Å². The first-order valence-electron chi connectivity index (χ1n) is 6.50. The SMILES string of the molecule is CCNc1nc(NCC2CC(O)C2)cc(C(F)(F)F)n1. The number of aromatic nitrogens is 2. The minimum absolute atomic E-state index is 0.0431. The van der Waals surface area contributed by atoms with Gasteiger partial charge in [0.15, 0.2) is 5.69 Å². The molecule has 0 aliphatic heterocycles. The molecule has 1 aromatic heterocycles. The molecule has 0 radical (unpaired) electrons. The fourth-order valence-corrected chi connectivity index (χ4v) is 2.04. The highest BCUT2D eigenvalue weighted by molar-refractivity contribution is 5.43. The van der Waals surface area contributed by atoms with Crippen LogP contribution in [0.1, 0.15) is 25.5 Å². The molecule has 0 saturated heterocycles. The standard InChI is InChI=1S/C12H17F3N4O/c1-2-16-11-18-9(12(13,14)15)5-10(19-11)17-6-7-3-8(20)4-7/h5,7-8,20H,2-4,6H2,1H3,(H2,16,17,18,19). The van der Waals surface area contributed by atoms with Crippen LogP contribution in [0, 0.1) is 5.92 Å². The third-order valence-electron chi connectivity index (χ3n) is 3.13. The van der Waals surface area contributed by atoms with Crippen molar-refractivity contribution in [3.8, 4) is 0 Å². The molecule has 1 aromatic rings. The van der Waals surface area contributed by atoms with Crippen LogP contribution in [0.25, 0.3) is 0 Å². The Hall–Kier alpha value is -1.57. The van der Waals surface area contributed by atoms with Crippen molar-refractivity contribution in [2.45, 2.75) is 32.0 Å². The predicted molar refractivity (Wildman–Crippen MR) is 68.4 cm³/mol. The van der Waals surface area contributed by atoms with Crippen LogP contribution in [-0.2, 0) is 6.18 Å². The molecule has 112 valence electrons. The van der Waals surface area contributed by atoms with Gasteiger partial charge >= 0.3 is 6.18 Å². The number of aliphatic hydroxyl groups excluding tert-OH is 1. The maximum absolute atomic E-state index is 12.7. The number of nitrogens with zero attached hydrogens (tertiary/aromatic N) is 2. The molecule has 0 aromatic carbocycles. The van der Waals surface area contributed by atoms with Crippen LogP contribution in [0.15, 0.2) is 6.07 Å². The summed E-state index contributed by atoms with van der Waals surface area (Å²) in [6, 6.07) is 0.899. The zero-order chi connectivity index (χ0) is 14.8. The van der Waals surface area contributed by atoms with Crippen molar-refractivity contribution in [2.75, 3.05) is 23.7 Å². The molecule has 0 unspecified atom stereocenters. The zero-order valence-electron chi connectivity index (χ0n) is 11.0. The summed E-state index contributed by atoms with van der Waals surface area (Å²) < 4.78 is 38.2. The molecule has 2 rings (SSSR count). The van der Waals surface area contributed by atoms with Gasteiger partial charge in [-0.2, -0.15) is 18.2 Å². The first-order chi connectivity index (χ1) is 9.38. The number of hydrogen-bond acceptors (Lipinski definition) is 5. The Morgan fingerprint density at radius 2 is 2.00 bits per heavy atom. The molecule has 1 aliphatic rings. The fraction of sp³-hybridized carbons (Fsp3) is 0.667. The van der Waals surface area contributed by atoms with E-state index in [2.05, 4.69) is 20.6 Å². The largest absolute Gasteiger partial charge is 0.433 e. The molecule has 0 amide bonds. The van der Waals surface area contributed by atoms with Gasteiger partial charge in [-0.3, -0.25) is 0 Å². The number of rotatable bonds is 5. The lowest BCUT2D eigenvalue weighted by Gasteiger charge is -2.31. The van der Waals surface area contributed by atoms with Gasteiger partial charge < -0.3 is 15.7 Å². The Bertz CT molecular complexity index is 461. The van der Waals surface area contributed by atoms with Crippen LogP contribution >= 0.6 is 0 Å². The monoisotopic (exact) mass is 290 g/mol. The Balaban J connectivity index is 2.08. The van der Waals surface area contributed by atoms with Crippen molar-refractivity contribution in [1.82, 2.24) is 9.97 Å². The average Bonchev–Trinajstić information content (AvgIpc) is 2.32. The molecule has 1 saturated carbocycles. The zero-order valence-corrected chi connectivity index (χ0v) is 11.0. The molecule has 1 fully saturated rings. The minimum Gasteiger partial charge on any atom is -0.393 e. The summed E-state index contributed by atoms with van der Waals surface area (Å²) in [6.07, 6.45) is -3.44. The third-order valence-corrected chi connectivity index (χ3v) is 3.13. The van der Waals surface area contributed by atoms with Crippen molar-refractivity contribution in [3.05, 3.63) is 11.8 Å². The molecule has 8 heteroatoms. The van der Waals surface area contributed by atoms with E-state index in [4.69, 9.17) is 5.11 Å². The molecule has 5 nitrogen and oxygen atoms in total. The van der Waals surface area contributed by atoms with Crippen LogP contribution in [0.3, 0.4) is 0 Å². The van der Waals surface area contributed by atoms with Gasteiger partial charge in [-0.05, 0) is 25.7 Å². The van der Waals surface area contributed by atoms with Crippen molar-refractivity contribution in [3.63, 3.8) is 0 Å². The molecule has 1 aliphatic carbocycles. The van der Waals surface area contributed by atoms with E-state index in [0.29, 0.717) is 25.9 Å². The van der Waals surface area contributed by atoms with Crippen LogP contribution in [0.5, 0.6) is 0 Å². The summed E-state index contributed by atoms with van der Waals surface area (Å²) in [5, 5.41) is 14.7. The van der Waals surface area contributed by atoms with E-state index in [1.807, 2.05) is 0 Å². The van der Waals surface area contributed by atoms with Crippen molar-refractivity contribution in [1.29, 1.82) is 0 Å². The number of aliphatic hydroxyl groups is 1. The van der Waals surface area contributed by atoms with Crippen LogP contribution < -0.4 is 10.6 Å². The highest BCUT2D eigenvalue weighted by Crippen LogP contribution is 2.31. The van der Waals surface area contributed by atoms with E-state index in [-0.39, 0.29) is 23.8 Å². The molecule has 1 heterocycles.